The van der Waals surface area contributed by atoms with Gasteiger partial charge in [0.1, 0.15) is 6.61 Å². The van der Waals surface area contributed by atoms with Crippen LogP contribution in [0.1, 0.15) is 35.6 Å². The molecule has 2 heterocycles. The quantitative estimate of drug-likeness (QED) is 0.834. The summed E-state index contributed by atoms with van der Waals surface area (Å²) >= 11 is 0. The Balaban J connectivity index is 2.08. The fourth-order valence-electron chi connectivity index (χ4n) is 1.91. The number of anilines is 1. The predicted octanol–water partition coefficient (Wildman–Crippen LogP) is 1.37. The maximum absolute atomic E-state index is 12.1. The highest BCUT2D eigenvalue weighted by Crippen LogP contribution is 2.18. The molecule has 20 heavy (non-hydrogen) atoms. The topological polar surface area (TPSA) is 88.0 Å². The molecule has 2 aromatic heterocycles. The molecule has 2 rings (SSSR count). The van der Waals surface area contributed by atoms with Gasteiger partial charge < -0.3 is 10.5 Å². The molecule has 0 bridgehead atoms. The maximum Gasteiger partial charge on any atom is 0.359 e. The number of nitrogens with zero attached hydrogens (tertiary/aromatic N) is 4. The number of rotatable bonds is 5. The Morgan fingerprint density at radius 3 is 2.75 bits per heavy atom. The number of aromatic nitrogens is 4. The third-order valence-corrected chi connectivity index (χ3v) is 3.05. The van der Waals surface area contributed by atoms with Crippen molar-refractivity contribution in [3.63, 3.8) is 0 Å². The van der Waals surface area contributed by atoms with Crippen molar-refractivity contribution in [2.75, 3.05) is 5.73 Å². The fourth-order valence-corrected chi connectivity index (χ4v) is 1.91. The lowest BCUT2D eigenvalue weighted by atomic mass is 10.3. The van der Waals surface area contributed by atoms with E-state index in [2.05, 4.69) is 10.2 Å². The normalized spacial score (nSPS) is 10.8. The van der Waals surface area contributed by atoms with E-state index in [-0.39, 0.29) is 6.61 Å². The predicted molar refractivity (Wildman–Crippen MR) is 74.1 cm³/mol. The van der Waals surface area contributed by atoms with Crippen LogP contribution in [0.3, 0.4) is 0 Å². The van der Waals surface area contributed by atoms with Gasteiger partial charge in [-0.05, 0) is 20.8 Å². The Morgan fingerprint density at radius 2 is 2.15 bits per heavy atom. The van der Waals surface area contributed by atoms with E-state index in [4.69, 9.17) is 10.5 Å². The summed E-state index contributed by atoms with van der Waals surface area (Å²) in [5.41, 5.74) is 8.04. The van der Waals surface area contributed by atoms with Gasteiger partial charge in [-0.2, -0.15) is 10.2 Å². The van der Waals surface area contributed by atoms with Crippen LogP contribution in [-0.4, -0.2) is 25.5 Å². The summed E-state index contributed by atoms with van der Waals surface area (Å²) in [6.45, 7) is 7.18. The summed E-state index contributed by atoms with van der Waals surface area (Å²) in [5, 5.41) is 8.32. The van der Waals surface area contributed by atoms with E-state index in [0.29, 0.717) is 23.6 Å². The van der Waals surface area contributed by atoms with Crippen LogP contribution in [0, 0.1) is 6.92 Å². The molecule has 0 amide bonds. The van der Waals surface area contributed by atoms with Crippen molar-refractivity contribution in [2.45, 2.75) is 40.5 Å². The number of esters is 1. The summed E-state index contributed by atoms with van der Waals surface area (Å²) in [4.78, 5) is 12.1. The van der Waals surface area contributed by atoms with Crippen molar-refractivity contribution in [2.24, 2.45) is 0 Å². The van der Waals surface area contributed by atoms with Gasteiger partial charge in [-0.3, -0.25) is 9.36 Å². The third kappa shape index (κ3) is 2.66. The largest absolute Gasteiger partial charge is 0.456 e. The van der Waals surface area contributed by atoms with E-state index in [1.165, 1.54) is 0 Å². The first-order valence-electron chi connectivity index (χ1n) is 6.58. The molecular formula is C13H19N5O2. The standard InChI is InChI=1S/C13H19N5O2/c1-4-17-7-10(6-15-17)8-20-13(19)12-11(14)9(3)16-18(12)5-2/h6-7H,4-5,8,14H2,1-3H3. The van der Waals surface area contributed by atoms with Crippen molar-refractivity contribution in [3.05, 3.63) is 29.3 Å². The van der Waals surface area contributed by atoms with Crippen LogP contribution >= 0.6 is 0 Å². The first-order valence-corrected chi connectivity index (χ1v) is 6.58. The van der Waals surface area contributed by atoms with Gasteiger partial charge in [0.25, 0.3) is 0 Å². The van der Waals surface area contributed by atoms with Crippen molar-refractivity contribution in [1.82, 2.24) is 19.6 Å². The van der Waals surface area contributed by atoms with Crippen LogP contribution in [-0.2, 0) is 24.4 Å². The monoisotopic (exact) mass is 277 g/mol. The molecule has 7 heteroatoms. The number of aryl methyl sites for hydroxylation is 3. The van der Waals surface area contributed by atoms with E-state index in [9.17, 15) is 4.79 Å². The lowest BCUT2D eigenvalue weighted by Crippen LogP contribution is -2.14. The summed E-state index contributed by atoms with van der Waals surface area (Å²) in [6.07, 6.45) is 3.53. The third-order valence-electron chi connectivity index (χ3n) is 3.05. The molecular weight excluding hydrogens is 258 g/mol. The fraction of sp³-hybridized carbons (Fsp3) is 0.462. The number of hydrogen-bond acceptors (Lipinski definition) is 5. The molecule has 2 N–H and O–H groups in total. The zero-order valence-electron chi connectivity index (χ0n) is 12.0. The SMILES string of the molecule is CCn1cc(COC(=O)c2c(N)c(C)nn2CC)cn1. The number of nitrogens with two attached hydrogens (primary N) is 1. The molecule has 108 valence electrons. The van der Waals surface area contributed by atoms with Gasteiger partial charge in [0, 0.05) is 24.8 Å². The number of ether oxygens (including phenoxy) is 1. The van der Waals surface area contributed by atoms with Crippen LogP contribution in [0.2, 0.25) is 0 Å². The Kier molecular flexibility index (Phi) is 4.07. The molecule has 0 fully saturated rings. The van der Waals surface area contributed by atoms with Crippen molar-refractivity contribution in [1.29, 1.82) is 0 Å². The van der Waals surface area contributed by atoms with Crippen LogP contribution in [0.4, 0.5) is 5.69 Å². The molecule has 0 saturated heterocycles. The van der Waals surface area contributed by atoms with Gasteiger partial charge in [0.15, 0.2) is 5.69 Å². The molecule has 0 aliphatic heterocycles. The van der Waals surface area contributed by atoms with E-state index in [1.54, 1.807) is 22.5 Å². The highest BCUT2D eigenvalue weighted by molar-refractivity contribution is 5.93. The van der Waals surface area contributed by atoms with Gasteiger partial charge in [0.05, 0.1) is 17.6 Å². The van der Waals surface area contributed by atoms with Gasteiger partial charge in [-0.25, -0.2) is 4.79 Å². The van der Waals surface area contributed by atoms with E-state index < -0.39 is 5.97 Å². The maximum atomic E-state index is 12.1. The minimum atomic E-state index is -0.464. The summed E-state index contributed by atoms with van der Waals surface area (Å²) < 4.78 is 8.61. The van der Waals surface area contributed by atoms with E-state index >= 15 is 0 Å². The van der Waals surface area contributed by atoms with Crippen molar-refractivity contribution in [3.8, 4) is 0 Å². The second kappa shape index (κ2) is 5.77. The first-order chi connectivity index (χ1) is 9.56. The Bertz CT molecular complexity index is 614. The average molecular weight is 277 g/mol. The number of carbonyl (C=O) groups excluding carboxylic acids is 1. The molecule has 0 aliphatic rings. The van der Waals surface area contributed by atoms with Crippen LogP contribution in [0.5, 0.6) is 0 Å². The first kappa shape index (κ1) is 14.1. The van der Waals surface area contributed by atoms with Gasteiger partial charge >= 0.3 is 5.97 Å². The zero-order valence-corrected chi connectivity index (χ0v) is 12.0. The van der Waals surface area contributed by atoms with E-state index in [1.807, 2.05) is 20.0 Å². The average Bonchev–Trinajstić information content (AvgIpc) is 3.01. The van der Waals surface area contributed by atoms with Crippen LogP contribution < -0.4 is 5.73 Å². The molecule has 2 aromatic rings. The minimum Gasteiger partial charge on any atom is -0.456 e. The molecule has 0 saturated carbocycles. The molecule has 0 unspecified atom stereocenters. The smallest absolute Gasteiger partial charge is 0.359 e. The highest BCUT2D eigenvalue weighted by Gasteiger charge is 2.20. The van der Waals surface area contributed by atoms with Crippen molar-refractivity contribution < 1.29 is 9.53 Å². The number of hydrogen-bond donors (Lipinski definition) is 1. The van der Waals surface area contributed by atoms with Gasteiger partial charge in [-0.1, -0.05) is 0 Å². The summed E-state index contributed by atoms with van der Waals surface area (Å²) in [5.74, 6) is -0.464. The zero-order chi connectivity index (χ0) is 14.7. The lowest BCUT2D eigenvalue weighted by Gasteiger charge is -2.06. The number of nitrogen functional groups attached to an aromatic ring is 1. The summed E-state index contributed by atoms with van der Waals surface area (Å²) in [7, 11) is 0. The Labute approximate surface area is 117 Å². The van der Waals surface area contributed by atoms with E-state index in [0.717, 1.165) is 12.1 Å². The summed E-state index contributed by atoms with van der Waals surface area (Å²) in [6, 6.07) is 0. The second-order valence-corrected chi connectivity index (χ2v) is 4.44. The minimum absolute atomic E-state index is 0.173. The van der Waals surface area contributed by atoms with Gasteiger partial charge in [0.2, 0.25) is 0 Å². The van der Waals surface area contributed by atoms with Gasteiger partial charge in [-0.15, -0.1) is 0 Å². The second-order valence-electron chi connectivity index (χ2n) is 4.44. The molecule has 0 spiro atoms. The molecule has 0 radical (unpaired) electrons. The van der Waals surface area contributed by atoms with Crippen LogP contribution in [0.25, 0.3) is 0 Å². The van der Waals surface area contributed by atoms with Crippen molar-refractivity contribution >= 4 is 11.7 Å². The Hall–Kier alpha value is -2.31. The van der Waals surface area contributed by atoms with Crippen LogP contribution in [0.15, 0.2) is 12.4 Å². The number of carbonyl (C=O) groups is 1. The highest BCUT2D eigenvalue weighted by atomic mass is 16.5. The Morgan fingerprint density at radius 1 is 1.40 bits per heavy atom. The molecule has 0 aromatic carbocycles. The molecule has 0 aliphatic carbocycles. The lowest BCUT2D eigenvalue weighted by molar-refractivity contribution is 0.0459. The molecule has 7 nitrogen and oxygen atoms in total. The molecule has 0 atom stereocenters.